The number of Topliss-reactive ketones (excluding diaryl/α,β-unsaturated/α-hetero) is 1. The van der Waals surface area contributed by atoms with Crippen molar-refractivity contribution in [3.63, 3.8) is 0 Å². The molecule has 0 aromatic rings. The first kappa shape index (κ1) is 14.8. The molecule has 0 aliphatic carbocycles. The van der Waals surface area contributed by atoms with Crippen molar-refractivity contribution in [1.29, 1.82) is 0 Å². The van der Waals surface area contributed by atoms with Gasteiger partial charge < -0.3 is 9.47 Å². The Morgan fingerprint density at radius 2 is 2.06 bits per heavy atom. The molecular weight excluding hydrogens is 208 g/mol. The highest BCUT2D eigenvalue weighted by atomic mass is 16.5. The molecular formula is C12H20O4. The summed E-state index contributed by atoms with van der Waals surface area (Å²) in [6.07, 6.45) is 3.90. The molecule has 0 saturated carbocycles. The van der Waals surface area contributed by atoms with E-state index in [4.69, 9.17) is 9.47 Å². The molecule has 0 amide bonds. The summed E-state index contributed by atoms with van der Waals surface area (Å²) in [6, 6.07) is 0. The van der Waals surface area contributed by atoms with Crippen molar-refractivity contribution in [2.75, 3.05) is 19.8 Å². The summed E-state index contributed by atoms with van der Waals surface area (Å²) < 4.78 is 9.85. The highest BCUT2D eigenvalue weighted by Crippen LogP contribution is 1.96. The van der Waals surface area contributed by atoms with Gasteiger partial charge in [-0.15, -0.1) is 6.58 Å². The van der Waals surface area contributed by atoms with Crippen molar-refractivity contribution in [2.24, 2.45) is 0 Å². The molecule has 4 nitrogen and oxygen atoms in total. The molecule has 4 heteroatoms. The molecule has 0 rings (SSSR count). The van der Waals surface area contributed by atoms with Crippen LogP contribution in [0.3, 0.4) is 0 Å². The van der Waals surface area contributed by atoms with Crippen LogP contribution in [-0.4, -0.2) is 31.6 Å². The topological polar surface area (TPSA) is 52.6 Å². The molecule has 0 bridgehead atoms. The van der Waals surface area contributed by atoms with Crippen LogP contribution < -0.4 is 0 Å². The predicted molar refractivity (Wildman–Crippen MR) is 61.1 cm³/mol. The van der Waals surface area contributed by atoms with Gasteiger partial charge >= 0.3 is 5.97 Å². The number of allylic oxidation sites excluding steroid dienone is 1. The van der Waals surface area contributed by atoms with Crippen molar-refractivity contribution in [1.82, 2.24) is 0 Å². The zero-order valence-electron chi connectivity index (χ0n) is 9.87. The Bertz CT molecular complexity index is 223. The third kappa shape index (κ3) is 9.40. The van der Waals surface area contributed by atoms with Crippen molar-refractivity contribution in [2.45, 2.75) is 32.6 Å². The monoisotopic (exact) mass is 228 g/mol. The van der Waals surface area contributed by atoms with Gasteiger partial charge in [-0.2, -0.15) is 0 Å². The summed E-state index contributed by atoms with van der Waals surface area (Å²) >= 11 is 0. The summed E-state index contributed by atoms with van der Waals surface area (Å²) in [5.41, 5.74) is 0. The van der Waals surface area contributed by atoms with Crippen molar-refractivity contribution in [3.05, 3.63) is 12.7 Å². The third-order valence-electron chi connectivity index (χ3n) is 1.87. The smallest absolute Gasteiger partial charge is 0.306 e. The average molecular weight is 228 g/mol. The van der Waals surface area contributed by atoms with Crippen LogP contribution in [0, 0.1) is 0 Å². The van der Waals surface area contributed by atoms with Crippen molar-refractivity contribution in [3.8, 4) is 0 Å². The second-order valence-electron chi connectivity index (χ2n) is 3.33. The molecule has 0 aliphatic heterocycles. The first-order chi connectivity index (χ1) is 7.70. The number of hydrogen-bond acceptors (Lipinski definition) is 4. The molecule has 0 aliphatic rings. The zero-order chi connectivity index (χ0) is 12.2. The lowest BCUT2D eigenvalue weighted by Crippen LogP contribution is -2.12. The summed E-state index contributed by atoms with van der Waals surface area (Å²) in [7, 11) is 0. The summed E-state index contributed by atoms with van der Waals surface area (Å²) in [5, 5.41) is 0. The lowest BCUT2D eigenvalue weighted by atomic mass is 10.2. The largest absolute Gasteiger partial charge is 0.466 e. The Labute approximate surface area is 96.6 Å². The van der Waals surface area contributed by atoms with Gasteiger partial charge in [0.25, 0.3) is 0 Å². The number of ketones is 1. The van der Waals surface area contributed by atoms with E-state index in [2.05, 4.69) is 6.58 Å². The van der Waals surface area contributed by atoms with Gasteiger partial charge in [-0.05, 0) is 19.8 Å². The second-order valence-corrected chi connectivity index (χ2v) is 3.33. The molecule has 0 fully saturated rings. The summed E-state index contributed by atoms with van der Waals surface area (Å²) in [4.78, 5) is 22.2. The van der Waals surface area contributed by atoms with Crippen LogP contribution in [0.4, 0.5) is 0 Å². The van der Waals surface area contributed by atoms with Crippen LogP contribution in [0.1, 0.15) is 32.6 Å². The summed E-state index contributed by atoms with van der Waals surface area (Å²) in [6.45, 7) is 6.31. The molecule has 0 atom stereocenters. The molecule has 0 spiro atoms. The van der Waals surface area contributed by atoms with E-state index in [1.807, 2.05) is 6.08 Å². The molecule has 92 valence electrons. The standard InChI is InChI=1S/C12H20O4/c1-3-5-6-9-15-10-11(13)7-8-12(14)16-4-2/h3H,1,4-10H2,2H3. The van der Waals surface area contributed by atoms with E-state index in [1.165, 1.54) is 0 Å². The Morgan fingerprint density at radius 3 is 2.69 bits per heavy atom. The second kappa shape index (κ2) is 10.4. The van der Waals surface area contributed by atoms with Gasteiger partial charge in [0, 0.05) is 13.0 Å². The van der Waals surface area contributed by atoms with Gasteiger partial charge in [0.05, 0.1) is 13.0 Å². The van der Waals surface area contributed by atoms with E-state index in [0.29, 0.717) is 13.2 Å². The van der Waals surface area contributed by atoms with Gasteiger partial charge in [-0.3, -0.25) is 9.59 Å². The van der Waals surface area contributed by atoms with Crippen molar-refractivity contribution < 1.29 is 19.1 Å². The number of rotatable bonds is 10. The van der Waals surface area contributed by atoms with Crippen molar-refractivity contribution >= 4 is 11.8 Å². The molecule has 16 heavy (non-hydrogen) atoms. The zero-order valence-corrected chi connectivity index (χ0v) is 9.87. The van der Waals surface area contributed by atoms with Gasteiger partial charge in [0.2, 0.25) is 0 Å². The normalized spacial score (nSPS) is 9.81. The Morgan fingerprint density at radius 1 is 1.31 bits per heavy atom. The van der Waals surface area contributed by atoms with Gasteiger partial charge in [-0.1, -0.05) is 6.08 Å². The summed E-state index contributed by atoms with van der Waals surface area (Å²) in [5.74, 6) is -0.394. The van der Waals surface area contributed by atoms with Crippen LogP contribution >= 0.6 is 0 Å². The van der Waals surface area contributed by atoms with Crippen LogP contribution in [0.15, 0.2) is 12.7 Å². The van der Waals surface area contributed by atoms with E-state index in [0.717, 1.165) is 12.8 Å². The number of hydrogen-bond donors (Lipinski definition) is 0. The maximum absolute atomic E-state index is 11.2. The minimum absolute atomic E-state index is 0.0633. The van der Waals surface area contributed by atoms with E-state index in [1.54, 1.807) is 6.92 Å². The van der Waals surface area contributed by atoms with E-state index in [-0.39, 0.29) is 31.2 Å². The van der Waals surface area contributed by atoms with Gasteiger partial charge in [-0.25, -0.2) is 0 Å². The van der Waals surface area contributed by atoms with Gasteiger partial charge in [0.1, 0.15) is 6.61 Å². The fraction of sp³-hybridized carbons (Fsp3) is 0.667. The minimum Gasteiger partial charge on any atom is -0.466 e. The number of ether oxygens (including phenoxy) is 2. The quantitative estimate of drug-likeness (QED) is 0.325. The Balaban J connectivity index is 3.37. The molecule has 0 aromatic heterocycles. The number of carbonyl (C=O) groups is 2. The van der Waals surface area contributed by atoms with Crippen LogP contribution in [0.2, 0.25) is 0 Å². The van der Waals surface area contributed by atoms with Crippen LogP contribution in [-0.2, 0) is 19.1 Å². The number of unbranched alkanes of at least 4 members (excludes halogenated alkanes) is 1. The lowest BCUT2D eigenvalue weighted by molar-refractivity contribution is -0.144. The highest BCUT2D eigenvalue weighted by molar-refractivity contribution is 5.83. The lowest BCUT2D eigenvalue weighted by Gasteiger charge is -2.03. The maximum Gasteiger partial charge on any atom is 0.306 e. The molecule has 0 N–H and O–H groups in total. The van der Waals surface area contributed by atoms with E-state index >= 15 is 0 Å². The number of carbonyl (C=O) groups excluding carboxylic acids is 2. The first-order valence-electron chi connectivity index (χ1n) is 5.56. The van der Waals surface area contributed by atoms with E-state index in [9.17, 15) is 9.59 Å². The molecule has 0 unspecified atom stereocenters. The molecule has 0 saturated heterocycles. The first-order valence-corrected chi connectivity index (χ1v) is 5.56. The highest BCUT2D eigenvalue weighted by Gasteiger charge is 2.07. The average Bonchev–Trinajstić information content (AvgIpc) is 2.26. The molecule has 0 aromatic carbocycles. The Hall–Kier alpha value is -1.16. The molecule has 0 radical (unpaired) electrons. The predicted octanol–water partition coefficient (Wildman–Crippen LogP) is 1.88. The van der Waals surface area contributed by atoms with Crippen LogP contribution in [0.25, 0.3) is 0 Å². The number of esters is 1. The SMILES string of the molecule is C=CCCCOCC(=O)CCC(=O)OCC. The Kier molecular flexibility index (Phi) is 9.61. The third-order valence-corrected chi connectivity index (χ3v) is 1.87. The van der Waals surface area contributed by atoms with E-state index < -0.39 is 0 Å². The fourth-order valence-electron chi connectivity index (χ4n) is 1.06. The fourth-order valence-corrected chi connectivity index (χ4v) is 1.06. The maximum atomic E-state index is 11.2. The van der Waals surface area contributed by atoms with Crippen LogP contribution in [0.5, 0.6) is 0 Å². The minimum atomic E-state index is -0.331. The van der Waals surface area contributed by atoms with Gasteiger partial charge in [0.15, 0.2) is 5.78 Å². The molecule has 0 heterocycles.